The maximum absolute atomic E-state index is 12.6. The Hall–Kier alpha value is -3.52. The standard InChI is InChI=1S/C23H28N6O2/c1-5-7-19(24-6-2)20-10-11-25-23(28-20)26-17-8-9-18-16(14-17)15-21(27-18)22(30)29(3)12-13-31-4/h6-11,14-15,27H,5,12-13H2,1-4H3,(H,25,26,28)/b19-7-,24-6?. The lowest BCUT2D eigenvalue weighted by Crippen LogP contribution is -2.30. The Labute approximate surface area is 182 Å². The molecule has 3 rings (SSSR count). The summed E-state index contributed by atoms with van der Waals surface area (Å²) in [5.41, 5.74) is 3.82. The third-order valence-electron chi connectivity index (χ3n) is 4.67. The van der Waals surface area contributed by atoms with Gasteiger partial charge < -0.3 is 19.9 Å². The van der Waals surface area contributed by atoms with Crippen molar-refractivity contribution in [1.82, 2.24) is 19.9 Å². The third kappa shape index (κ3) is 5.55. The van der Waals surface area contributed by atoms with Crippen molar-refractivity contribution in [2.45, 2.75) is 20.3 Å². The van der Waals surface area contributed by atoms with Crippen LogP contribution in [0.15, 0.2) is 47.6 Å². The quantitative estimate of drug-likeness (QED) is 0.504. The Balaban J connectivity index is 1.81. The molecule has 31 heavy (non-hydrogen) atoms. The molecule has 0 spiro atoms. The number of fused-ring (bicyclic) bond motifs is 1. The van der Waals surface area contributed by atoms with Gasteiger partial charge in [-0.05, 0) is 43.7 Å². The number of carbonyl (C=O) groups is 1. The Morgan fingerprint density at radius 2 is 2.16 bits per heavy atom. The number of amides is 1. The van der Waals surface area contributed by atoms with Crippen molar-refractivity contribution in [3.63, 3.8) is 0 Å². The summed E-state index contributed by atoms with van der Waals surface area (Å²) in [6.07, 6.45) is 6.36. The van der Waals surface area contributed by atoms with Crippen LogP contribution in [0.3, 0.4) is 0 Å². The van der Waals surface area contributed by atoms with Crippen molar-refractivity contribution < 1.29 is 9.53 Å². The lowest BCUT2D eigenvalue weighted by Gasteiger charge is -2.15. The van der Waals surface area contributed by atoms with E-state index in [1.165, 1.54) is 0 Å². The van der Waals surface area contributed by atoms with Crippen molar-refractivity contribution >= 4 is 40.4 Å². The maximum atomic E-state index is 12.6. The fourth-order valence-electron chi connectivity index (χ4n) is 3.11. The molecule has 0 saturated carbocycles. The Kier molecular flexibility index (Phi) is 7.50. The van der Waals surface area contributed by atoms with Crippen molar-refractivity contribution in [3.05, 3.63) is 54.0 Å². The van der Waals surface area contributed by atoms with E-state index >= 15 is 0 Å². The predicted octanol–water partition coefficient (Wildman–Crippen LogP) is 4.26. The maximum Gasteiger partial charge on any atom is 0.270 e. The molecule has 0 fully saturated rings. The number of aliphatic imine (C=N–C) groups is 1. The molecule has 3 aromatic rings. The Morgan fingerprint density at radius 3 is 2.90 bits per heavy atom. The van der Waals surface area contributed by atoms with Crippen molar-refractivity contribution in [3.8, 4) is 0 Å². The van der Waals surface area contributed by atoms with Gasteiger partial charge in [0, 0.05) is 49.7 Å². The summed E-state index contributed by atoms with van der Waals surface area (Å²) >= 11 is 0. The van der Waals surface area contributed by atoms with Crippen LogP contribution in [0.1, 0.15) is 36.5 Å². The first-order chi connectivity index (χ1) is 15.0. The van der Waals surface area contributed by atoms with Gasteiger partial charge in [-0.15, -0.1) is 0 Å². The van der Waals surface area contributed by atoms with Crippen LogP contribution in [0, 0.1) is 0 Å². The van der Waals surface area contributed by atoms with E-state index in [2.05, 4.69) is 32.2 Å². The zero-order chi connectivity index (χ0) is 22.2. The van der Waals surface area contributed by atoms with Crippen LogP contribution in [-0.2, 0) is 4.74 Å². The Morgan fingerprint density at radius 1 is 1.32 bits per heavy atom. The zero-order valence-corrected chi connectivity index (χ0v) is 18.3. The highest BCUT2D eigenvalue weighted by Gasteiger charge is 2.14. The topological polar surface area (TPSA) is 95.5 Å². The van der Waals surface area contributed by atoms with Gasteiger partial charge in [0.1, 0.15) is 5.69 Å². The third-order valence-corrected chi connectivity index (χ3v) is 4.67. The molecule has 1 aromatic carbocycles. The van der Waals surface area contributed by atoms with Crippen LogP contribution < -0.4 is 5.32 Å². The summed E-state index contributed by atoms with van der Waals surface area (Å²) in [6.45, 7) is 4.96. The molecule has 0 aliphatic heterocycles. The minimum absolute atomic E-state index is 0.0782. The lowest BCUT2D eigenvalue weighted by molar-refractivity contribution is 0.0739. The van der Waals surface area contributed by atoms with Gasteiger partial charge in [0.2, 0.25) is 5.95 Å². The summed E-state index contributed by atoms with van der Waals surface area (Å²) in [6, 6.07) is 9.50. The van der Waals surface area contributed by atoms with E-state index < -0.39 is 0 Å². The number of likely N-dealkylation sites (N-methyl/N-ethyl adjacent to an activating group) is 1. The van der Waals surface area contributed by atoms with E-state index in [1.807, 2.05) is 43.3 Å². The van der Waals surface area contributed by atoms with Gasteiger partial charge in [-0.25, -0.2) is 9.97 Å². The number of hydrogen-bond acceptors (Lipinski definition) is 6. The summed E-state index contributed by atoms with van der Waals surface area (Å²) < 4.78 is 5.04. The van der Waals surface area contributed by atoms with Crippen LogP contribution in [0.25, 0.3) is 16.6 Å². The lowest BCUT2D eigenvalue weighted by atomic mass is 10.2. The molecule has 2 N–H and O–H groups in total. The molecule has 1 amide bonds. The first kappa shape index (κ1) is 22.2. The van der Waals surface area contributed by atoms with Gasteiger partial charge in [-0.3, -0.25) is 9.79 Å². The average molecular weight is 421 g/mol. The number of nitrogens with one attached hydrogen (secondary N) is 2. The molecule has 0 radical (unpaired) electrons. The number of allylic oxidation sites excluding steroid dienone is 1. The fraction of sp³-hybridized carbons (Fsp3) is 0.304. The fourth-order valence-corrected chi connectivity index (χ4v) is 3.11. The highest BCUT2D eigenvalue weighted by Crippen LogP contribution is 2.23. The molecule has 0 atom stereocenters. The van der Waals surface area contributed by atoms with Gasteiger partial charge in [-0.1, -0.05) is 13.0 Å². The van der Waals surface area contributed by atoms with Crippen LogP contribution in [0.4, 0.5) is 11.6 Å². The molecule has 8 nitrogen and oxygen atoms in total. The van der Waals surface area contributed by atoms with Gasteiger partial charge in [0.05, 0.1) is 18.0 Å². The average Bonchev–Trinajstić information content (AvgIpc) is 3.20. The van der Waals surface area contributed by atoms with E-state index in [4.69, 9.17) is 4.74 Å². The van der Waals surface area contributed by atoms with Gasteiger partial charge in [0.25, 0.3) is 5.91 Å². The second-order valence-corrected chi connectivity index (χ2v) is 6.98. The largest absolute Gasteiger partial charge is 0.383 e. The molecular formula is C23H28N6O2. The smallest absolute Gasteiger partial charge is 0.270 e. The zero-order valence-electron chi connectivity index (χ0n) is 18.3. The number of benzene rings is 1. The van der Waals surface area contributed by atoms with Crippen molar-refractivity contribution in [2.75, 3.05) is 32.6 Å². The first-order valence-corrected chi connectivity index (χ1v) is 10.2. The molecule has 0 saturated heterocycles. The van der Waals surface area contributed by atoms with Crippen LogP contribution in [0.2, 0.25) is 0 Å². The van der Waals surface area contributed by atoms with E-state index in [9.17, 15) is 4.79 Å². The number of rotatable bonds is 9. The minimum Gasteiger partial charge on any atom is -0.383 e. The van der Waals surface area contributed by atoms with Crippen LogP contribution in [-0.4, -0.2) is 59.3 Å². The molecule has 0 aliphatic carbocycles. The number of aromatic amines is 1. The molecule has 8 heteroatoms. The predicted molar refractivity (Wildman–Crippen MR) is 125 cm³/mol. The highest BCUT2D eigenvalue weighted by atomic mass is 16.5. The minimum atomic E-state index is -0.0782. The number of methoxy groups -OCH3 is 1. The number of hydrogen-bond donors (Lipinski definition) is 2. The number of H-pyrrole nitrogens is 1. The van der Waals surface area contributed by atoms with E-state index in [0.29, 0.717) is 24.8 Å². The second-order valence-electron chi connectivity index (χ2n) is 6.98. The monoisotopic (exact) mass is 420 g/mol. The van der Waals surface area contributed by atoms with Crippen molar-refractivity contribution in [1.29, 1.82) is 0 Å². The number of anilines is 2. The summed E-state index contributed by atoms with van der Waals surface area (Å²) in [7, 11) is 3.38. The second kappa shape index (κ2) is 10.5. The highest BCUT2D eigenvalue weighted by molar-refractivity contribution is 5.98. The Bertz CT molecular complexity index is 1100. The molecule has 162 valence electrons. The number of nitrogens with zero attached hydrogens (tertiary/aromatic N) is 4. The molecule has 0 aliphatic rings. The van der Waals surface area contributed by atoms with Crippen LogP contribution >= 0.6 is 0 Å². The molecular weight excluding hydrogens is 392 g/mol. The molecule has 0 unspecified atom stereocenters. The van der Waals surface area contributed by atoms with Crippen LogP contribution in [0.5, 0.6) is 0 Å². The van der Waals surface area contributed by atoms with Gasteiger partial charge >= 0.3 is 0 Å². The number of carbonyl (C=O) groups excluding carboxylic acids is 1. The normalized spacial score (nSPS) is 11.9. The summed E-state index contributed by atoms with van der Waals surface area (Å²) in [4.78, 5) is 30.7. The molecule has 0 bridgehead atoms. The number of aromatic nitrogens is 3. The molecule has 2 heterocycles. The van der Waals surface area contributed by atoms with E-state index in [0.717, 1.165) is 34.4 Å². The molecule has 2 aromatic heterocycles. The van der Waals surface area contributed by atoms with Crippen molar-refractivity contribution in [2.24, 2.45) is 4.99 Å². The summed E-state index contributed by atoms with van der Waals surface area (Å²) in [5, 5.41) is 4.16. The van der Waals surface area contributed by atoms with E-state index in [1.54, 1.807) is 31.5 Å². The van der Waals surface area contributed by atoms with Gasteiger partial charge in [-0.2, -0.15) is 0 Å². The first-order valence-electron chi connectivity index (χ1n) is 10.2. The number of ether oxygens (including phenoxy) is 1. The SMILES string of the molecule is CC=N/C(=C\CC)c1ccnc(Nc2ccc3[nH]c(C(=O)N(C)CCOC)cc3c2)n1. The summed E-state index contributed by atoms with van der Waals surface area (Å²) in [5.74, 6) is 0.404. The van der Waals surface area contributed by atoms with E-state index in [-0.39, 0.29) is 5.91 Å². The van der Waals surface area contributed by atoms with Gasteiger partial charge in [0.15, 0.2) is 0 Å².